The van der Waals surface area contributed by atoms with Crippen molar-refractivity contribution in [1.29, 1.82) is 0 Å². The van der Waals surface area contributed by atoms with E-state index < -0.39 is 16.1 Å². The van der Waals surface area contributed by atoms with Gasteiger partial charge in [0.2, 0.25) is 10.0 Å². The Kier molecular flexibility index (Phi) is 7.57. The van der Waals surface area contributed by atoms with Crippen LogP contribution in [0, 0.1) is 0 Å². The molecule has 0 saturated carbocycles. The van der Waals surface area contributed by atoms with Gasteiger partial charge in [0.15, 0.2) is 6.10 Å². The standard InChI is InChI=1S/C25H33N3O5S/c1-27(22(19-6-4-3-5-7-19)17-28-13-12-21(29)16-28)25(30)24-11-9-20-14-18(8-10-23(20)33-24)15-26-34(2,31)32/h3-8,10,14,21-22,24,26,29H,9,11-13,15-17H2,1-2H3/t21-,22?,24-/m0/s1. The number of amides is 1. The van der Waals surface area contributed by atoms with E-state index in [9.17, 15) is 18.3 Å². The average molecular weight is 488 g/mol. The monoisotopic (exact) mass is 487 g/mol. The molecule has 0 radical (unpaired) electrons. The zero-order valence-corrected chi connectivity index (χ0v) is 20.5. The highest BCUT2D eigenvalue weighted by molar-refractivity contribution is 7.88. The van der Waals surface area contributed by atoms with E-state index in [1.165, 1.54) is 0 Å². The van der Waals surface area contributed by atoms with Gasteiger partial charge in [0.25, 0.3) is 5.91 Å². The second kappa shape index (κ2) is 10.4. The topological polar surface area (TPSA) is 99.2 Å². The smallest absolute Gasteiger partial charge is 0.263 e. The molecule has 8 nitrogen and oxygen atoms in total. The van der Waals surface area contributed by atoms with Crippen LogP contribution < -0.4 is 9.46 Å². The van der Waals surface area contributed by atoms with Crippen molar-refractivity contribution < 1.29 is 23.1 Å². The van der Waals surface area contributed by atoms with E-state index in [0.29, 0.717) is 31.7 Å². The van der Waals surface area contributed by atoms with Crippen molar-refractivity contribution in [3.8, 4) is 5.75 Å². The van der Waals surface area contributed by atoms with Gasteiger partial charge in [-0.1, -0.05) is 42.5 Å². The molecular weight excluding hydrogens is 454 g/mol. The maximum absolute atomic E-state index is 13.5. The third-order valence-corrected chi connectivity index (χ3v) is 7.23. The third kappa shape index (κ3) is 6.15. The van der Waals surface area contributed by atoms with Gasteiger partial charge in [-0.25, -0.2) is 13.1 Å². The summed E-state index contributed by atoms with van der Waals surface area (Å²) in [5.74, 6) is 0.599. The number of aliphatic hydroxyl groups is 1. The largest absolute Gasteiger partial charge is 0.480 e. The normalized spacial score (nSPS) is 21.5. The molecule has 1 unspecified atom stereocenters. The maximum Gasteiger partial charge on any atom is 0.263 e. The second-order valence-corrected chi connectivity index (χ2v) is 11.1. The van der Waals surface area contributed by atoms with Crippen LogP contribution in [-0.4, -0.2) is 74.4 Å². The Morgan fingerprint density at radius 1 is 1.24 bits per heavy atom. The predicted molar refractivity (Wildman–Crippen MR) is 130 cm³/mol. The Hall–Kier alpha value is -2.46. The Labute approximate surface area is 201 Å². The highest BCUT2D eigenvalue weighted by Gasteiger charge is 2.34. The number of β-amino-alcohol motifs (C(OH)–C–C–N with tert-alkyl or cyclic N) is 1. The summed E-state index contributed by atoms with van der Waals surface area (Å²) in [6, 6.07) is 15.4. The molecule has 2 aromatic carbocycles. The molecule has 1 amide bonds. The number of nitrogens with zero attached hydrogens (tertiary/aromatic N) is 2. The number of aryl methyl sites for hydroxylation is 1. The van der Waals surface area contributed by atoms with Crippen molar-refractivity contribution in [3.05, 3.63) is 65.2 Å². The molecule has 2 aliphatic heterocycles. The van der Waals surface area contributed by atoms with E-state index in [-0.39, 0.29) is 24.6 Å². The van der Waals surface area contributed by atoms with Crippen molar-refractivity contribution in [2.45, 2.75) is 44.1 Å². The number of likely N-dealkylation sites (N-methyl/N-ethyl adjacent to an activating group) is 1. The summed E-state index contributed by atoms with van der Waals surface area (Å²) in [5, 5.41) is 9.94. The lowest BCUT2D eigenvalue weighted by atomic mass is 9.98. The molecule has 34 heavy (non-hydrogen) atoms. The summed E-state index contributed by atoms with van der Waals surface area (Å²) in [6.45, 7) is 2.32. The minimum Gasteiger partial charge on any atom is -0.480 e. The quantitative estimate of drug-likeness (QED) is 0.588. The predicted octanol–water partition coefficient (Wildman–Crippen LogP) is 1.70. The van der Waals surface area contributed by atoms with Gasteiger partial charge in [-0.15, -0.1) is 0 Å². The van der Waals surface area contributed by atoms with Gasteiger partial charge in [0.05, 0.1) is 18.4 Å². The van der Waals surface area contributed by atoms with Crippen LogP contribution in [0.5, 0.6) is 5.75 Å². The van der Waals surface area contributed by atoms with Crippen LogP contribution in [0.4, 0.5) is 0 Å². The number of rotatable bonds is 8. The van der Waals surface area contributed by atoms with E-state index in [1.54, 1.807) is 4.90 Å². The number of hydrogen-bond donors (Lipinski definition) is 2. The molecule has 2 N–H and O–H groups in total. The van der Waals surface area contributed by atoms with Gasteiger partial charge < -0.3 is 14.7 Å². The lowest BCUT2D eigenvalue weighted by Gasteiger charge is -2.35. The molecule has 2 heterocycles. The highest BCUT2D eigenvalue weighted by atomic mass is 32.2. The summed E-state index contributed by atoms with van der Waals surface area (Å²) >= 11 is 0. The molecule has 2 aliphatic rings. The van der Waals surface area contributed by atoms with E-state index in [4.69, 9.17) is 4.74 Å². The van der Waals surface area contributed by atoms with E-state index in [0.717, 1.165) is 35.9 Å². The molecule has 184 valence electrons. The van der Waals surface area contributed by atoms with Crippen LogP contribution >= 0.6 is 0 Å². The SMILES string of the molecule is CN(C(=O)[C@@H]1CCc2cc(CNS(C)(=O)=O)ccc2O1)C(CN1CC[C@H](O)C1)c1ccccc1. The summed E-state index contributed by atoms with van der Waals surface area (Å²) in [6.07, 6.45) is 2.24. The van der Waals surface area contributed by atoms with Crippen molar-refractivity contribution in [3.63, 3.8) is 0 Å². The van der Waals surface area contributed by atoms with E-state index in [1.807, 2.05) is 55.6 Å². The summed E-state index contributed by atoms with van der Waals surface area (Å²) in [5.41, 5.74) is 2.88. The first-order valence-electron chi connectivity index (χ1n) is 11.6. The molecule has 0 bridgehead atoms. The fraction of sp³-hybridized carbons (Fsp3) is 0.480. The van der Waals surface area contributed by atoms with Crippen LogP contribution in [0.1, 0.15) is 35.6 Å². The zero-order chi connectivity index (χ0) is 24.3. The number of sulfonamides is 1. The fourth-order valence-corrected chi connectivity index (χ4v) is 5.10. The van der Waals surface area contributed by atoms with Crippen LogP contribution in [0.15, 0.2) is 48.5 Å². The van der Waals surface area contributed by atoms with Crippen molar-refractivity contribution in [2.24, 2.45) is 0 Å². The van der Waals surface area contributed by atoms with E-state index in [2.05, 4.69) is 9.62 Å². The number of likely N-dealkylation sites (tertiary alicyclic amines) is 1. The van der Waals surface area contributed by atoms with Crippen LogP contribution in [0.25, 0.3) is 0 Å². The maximum atomic E-state index is 13.5. The zero-order valence-electron chi connectivity index (χ0n) is 19.7. The summed E-state index contributed by atoms with van der Waals surface area (Å²) < 4.78 is 31.3. The number of aliphatic hydroxyl groups excluding tert-OH is 1. The van der Waals surface area contributed by atoms with Gasteiger partial charge in [-0.2, -0.15) is 0 Å². The number of nitrogens with one attached hydrogen (secondary N) is 1. The Bertz CT molecular complexity index is 1110. The lowest BCUT2D eigenvalue weighted by molar-refractivity contribution is -0.140. The number of hydrogen-bond acceptors (Lipinski definition) is 6. The number of carbonyl (C=O) groups excluding carboxylic acids is 1. The first-order valence-corrected chi connectivity index (χ1v) is 13.5. The first kappa shape index (κ1) is 24.7. The van der Waals surface area contributed by atoms with Crippen molar-refractivity contribution in [2.75, 3.05) is 32.9 Å². The molecule has 4 rings (SSSR count). The molecule has 0 aliphatic carbocycles. The van der Waals surface area contributed by atoms with Gasteiger partial charge in [-0.3, -0.25) is 9.69 Å². The van der Waals surface area contributed by atoms with Crippen LogP contribution in [0.3, 0.4) is 0 Å². The van der Waals surface area contributed by atoms with Gasteiger partial charge >= 0.3 is 0 Å². The Morgan fingerprint density at radius 2 is 2.00 bits per heavy atom. The molecule has 1 fully saturated rings. The van der Waals surface area contributed by atoms with Crippen molar-refractivity contribution >= 4 is 15.9 Å². The lowest BCUT2D eigenvalue weighted by Crippen LogP contribution is -2.46. The molecule has 3 atom stereocenters. The van der Waals surface area contributed by atoms with Gasteiger partial charge in [0, 0.05) is 33.2 Å². The molecule has 0 aromatic heterocycles. The van der Waals surface area contributed by atoms with Crippen LogP contribution in [0.2, 0.25) is 0 Å². The summed E-state index contributed by atoms with van der Waals surface area (Å²) in [4.78, 5) is 17.5. The van der Waals surface area contributed by atoms with Gasteiger partial charge in [-0.05, 0) is 42.0 Å². The molecule has 1 saturated heterocycles. The molecule has 0 spiro atoms. The first-order chi connectivity index (χ1) is 16.2. The van der Waals surface area contributed by atoms with Crippen LogP contribution in [-0.2, 0) is 27.8 Å². The van der Waals surface area contributed by atoms with E-state index >= 15 is 0 Å². The third-order valence-electron chi connectivity index (χ3n) is 6.56. The van der Waals surface area contributed by atoms with Gasteiger partial charge in [0.1, 0.15) is 5.75 Å². The second-order valence-electron chi connectivity index (χ2n) is 9.26. The average Bonchev–Trinajstić information content (AvgIpc) is 3.24. The summed E-state index contributed by atoms with van der Waals surface area (Å²) in [7, 11) is -1.44. The fourth-order valence-electron chi connectivity index (χ4n) is 4.67. The molecule has 2 aromatic rings. The Morgan fingerprint density at radius 3 is 2.68 bits per heavy atom. The number of benzene rings is 2. The molecule has 9 heteroatoms. The van der Waals surface area contributed by atoms with Crippen molar-refractivity contribution in [1.82, 2.24) is 14.5 Å². The number of fused-ring (bicyclic) bond motifs is 1. The number of ether oxygens (including phenoxy) is 1. The Balaban J connectivity index is 1.46. The number of carbonyl (C=O) groups is 1. The molecular formula is C25H33N3O5S. The highest BCUT2D eigenvalue weighted by Crippen LogP contribution is 2.31. The minimum absolute atomic E-state index is 0.0675. The minimum atomic E-state index is -3.26.